The highest BCUT2D eigenvalue weighted by molar-refractivity contribution is 6.05. The molecule has 4 fully saturated rings. The number of ether oxygens (including phenoxy) is 2. The fourth-order valence-corrected chi connectivity index (χ4v) is 9.40. The van der Waals surface area contributed by atoms with E-state index < -0.39 is 41.6 Å². The van der Waals surface area contributed by atoms with Crippen molar-refractivity contribution < 1.29 is 38.2 Å². The minimum absolute atomic E-state index is 0.0681. The summed E-state index contributed by atoms with van der Waals surface area (Å²) in [5, 5.41) is 15.3. The smallest absolute Gasteiger partial charge is 0.408 e. The summed E-state index contributed by atoms with van der Waals surface area (Å²) in [6, 6.07) is 13.5. The van der Waals surface area contributed by atoms with Gasteiger partial charge in [0.1, 0.15) is 29.5 Å². The van der Waals surface area contributed by atoms with Crippen LogP contribution in [0.1, 0.15) is 131 Å². The van der Waals surface area contributed by atoms with E-state index >= 15 is 0 Å². The average molecular weight is 833 g/mol. The second-order valence-corrected chi connectivity index (χ2v) is 17.8. The summed E-state index contributed by atoms with van der Waals surface area (Å²) >= 11 is 0. The number of nitriles is 1. The first-order valence-electron chi connectivity index (χ1n) is 21.8. The zero-order valence-electron chi connectivity index (χ0n) is 35.4. The summed E-state index contributed by atoms with van der Waals surface area (Å²) in [7, 11) is 0. The predicted octanol–water partition coefficient (Wildman–Crippen LogP) is 5.33. The quantitative estimate of drug-likeness (QED) is 0.182. The molecule has 5 aliphatic heterocycles. The van der Waals surface area contributed by atoms with Crippen molar-refractivity contribution in [3.05, 3.63) is 64.7 Å². The molecule has 14 nitrogen and oxygen atoms in total. The molecule has 0 aliphatic carbocycles. The topological polar surface area (TPSA) is 178 Å². The number of fused-ring (bicyclic) bond motifs is 2. The van der Waals surface area contributed by atoms with Crippen LogP contribution in [-0.2, 0) is 30.5 Å². The highest BCUT2D eigenvalue weighted by Gasteiger charge is 2.48. The van der Waals surface area contributed by atoms with Crippen molar-refractivity contribution in [1.82, 2.24) is 25.3 Å². The first-order chi connectivity index (χ1) is 29.3. The number of carbonyl (C=O) groups is 6. The van der Waals surface area contributed by atoms with E-state index in [9.17, 15) is 34.0 Å². The molecule has 0 aromatic heterocycles. The van der Waals surface area contributed by atoms with Gasteiger partial charge in [-0.2, -0.15) is 5.26 Å². The number of likely N-dealkylation sites (tertiary alicyclic amines) is 1. The lowest BCUT2D eigenvalue weighted by Crippen LogP contribution is -2.57. The molecule has 0 saturated carbocycles. The number of carbonyl (C=O) groups excluding carboxylic acids is 6. The summed E-state index contributed by atoms with van der Waals surface area (Å²) in [5.41, 5.74) is 2.36. The van der Waals surface area contributed by atoms with Gasteiger partial charge in [0.15, 0.2) is 0 Å². The van der Waals surface area contributed by atoms with Crippen molar-refractivity contribution in [2.75, 3.05) is 19.7 Å². The van der Waals surface area contributed by atoms with Gasteiger partial charge < -0.3 is 29.5 Å². The number of nitrogens with one attached hydrogen (secondary N) is 2. The Bertz CT molecular complexity index is 2150. The van der Waals surface area contributed by atoms with E-state index in [1.54, 1.807) is 42.7 Å². The van der Waals surface area contributed by atoms with Crippen LogP contribution in [0.5, 0.6) is 5.75 Å². The van der Waals surface area contributed by atoms with Gasteiger partial charge in [-0.1, -0.05) is 42.9 Å². The normalized spacial score (nSPS) is 25.0. The molecule has 0 bridgehead atoms. The van der Waals surface area contributed by atoms with Crippen LogP contribution in [0, 0.1) is 29.1 Å². The predicted molar refractivity (Wildman–Crippen MR) is 223 cm³/mol. The summed E-state index contributed by atoms with van der Waals surface area (Å²) in [5.74, 6) is 5.20. The number of nitrogens with zero attached hydrogens (tertiary/aromatic N) is 4. The van der Waals surface area contributed by atoms with Gasteiger partial charge in [0.2, 0.25) is 23.6 Å². The number of hydrogen-bond acceptors (Lipinski definition) is 9. The Morgan fingerprint density at radius 1 is 0.951 bits per heavy atom. The van der Waals surface area contributed by atoms with E-state index in [4.69, 9.17) is 9.47 Å². The zero-order valence-corrected chi connectivity index (χ0v) is 35.4. The van der Waals surface area contributed by atoms with Gasteiger partial charge in [-0.15, -0.1) is 0 Å². The van der Waals surface area contributed by atoms with Crippen molar-refractivity contribution in [2.24, 2.45) is 5.92 Å². The van der Waals surface area contributed by atoms with Crippen LogP contribution in [-0.4, -0.2) is 99.8 Å². The van der Waals surface area contributed by atoms with E-state index in [1.165, 1.54) is 4.90 Å². The number of benzene rings is 2. The molecular weight excluding hydrogens is 777 g/mol. The Morgan fingerprint density at radius 3 is 2.54 bits per heavy atom. The van der Waals surface area contributed by atoms with Gasteiger partial charge in [-0.05, 0) is 108 Å². The monoisotopic (exact) mass is 832 g/mol. The van der Waals surface area contributed by atoms with E-state index in [2.05, 4.69) is 28.5 Å². The molecule has 0 radical (unpaired) electrons. The van der Waals surface area contributed by atoms with Crippen LogP contribution >= 0.6 is 0 Å². The van der Waals surface area contributed by atoms with Crippen molar-refractivity contribution in [3.8, 4) is 23.7 Å². The molecule has 5 heterocycles. The van der Waals surface area contributed by atoms with Crippen LogP contribution in [0.3, 0.4) is 0 Å². The molecule has 2 aromatic rings. The highest BCUT2D eigenvalue weighted by Crippen LogP contribution is 2.38. The second-order valence-electron chi connectivity index (χ2n) is 17.8. The Hall–Kier alpha value is -5.89. The number of unbranched alkanes of at least 4 members (excludes halogenated alkanes) is 3. The van der Waals surface area contributed by atoms with Crippen LogP contribution in [0.25, 0.3) is 0 Å². The van der Waals surface area contributed by atoms with E-state index in [-0.39, 0.29) is 55.1 Å². The molecule has 6 atom stereocenters. The molecular formula is C47H56N6O8. The Labute approximate surface area is 357 Å². The molecule has 2 N–H and O–H groups in total. The van der Waals surface area contributed by atoms with E-state index in [0.29, 0.717) is 50.1 Å². The molecule has 4 saturated heterocycles. The van der Waals surface area contributed by atoms with Crippen LogP contribution < -0.4 is 15.4 Å². The van der Waals surface area contributed by atoms with Gasteiger partial charge in [0.05, 0.1) is 18.6 Å². The summed E-state index contributed by atoms with van der Waals surface area (Å²) in [4.78, 5) is 83.0. The average Bonchev–Trinajstić information content (AvgIpc) is 3.94. The fourth-order valence-electron chi connectivity index (χ4n) is 9.40. The fraction of sp³-hybridized carbons (Fsp3) is 0.553. The van der Waals surface area contributed by atoms with Crippen molar-refractivity contribution in [1.29, 1.82) is 5.26 Å². The molecule has 2 aromatic carbocycles. The van der Waals surface area contributed by atoms with Gasteiger partial charge in [0.25, 0.3) is 5.91 Å². The molecule has 0 spiro atoms. The highest BCUT2D eigenvalue weighted by atomic mass is 16.6. The summed E-state index contributed by atoms with van der Waals surface area (Å²) < 4.78 is 11.6. The minimum atomic E-state index is -0.765. The number of alkyl carbamates (subject to hydrolysis) is 1. The third-order valence-electron chi connectivity index (χ3n) is 12.4. The number of piperidine rings is 1. The summed E-state index contributed by atoms with van der Waals surface area (Å²) in [6.45, 7) is 6.76. The van der Waals surface area contributed by atoms with Crippen LogP contribution in [0.2, 0.25) is 0 Å². The van der Waals surface area contributed by atoms with Crippen molar-refractivity contribution in [3.63, 3.8) is 0 Å². The number of hydrogen-bond donors (Lipinski definition) is 2. The van der Waals surface area contributed by atoms with Gasteiger partial charge in [0, 0.05) is 55.6 Å². The number of amides is 6. The van der Waals surface area contributed by atoms with E-state index in [0.717, 1.165) is 61.6 Å². The summed E-state index contributed by atoms with van der Waals surface area (Å²) in [6.07, 6.45) is 7.40. The first kappa shape index (κ1) is 43.2. The van der Waals surface area contributed by atoms with Crippen LogP contribution in [0.15, 0.2) is 42.5 Å². The lowest BCUT2D eigenvalue weighted by atomic mass is 9.90. The SMILES string of the molecule is CC(C)(C)OC(=O)N[C@H]1CCCC[C@H]2CC[C@@H](C(=O)N3CC(c4cccc(OCCCCCC#Cc5cccc6c5CN(C5CCC(=O)NC5=O)C6=O)c4)[C@H](C#N)C3)N2C1=O. The van der Waals surface area contributed by atoms with Crippen LogP contribution in [0.4, 0.5) is 4.79 Å². The largest absolute Gasteiger partial charge is 0.494 e. The second kappa shape index (κ2) is 18.8. The molecule has 2 unspecified atom stereocenters. The zero-order chi connectivity index (χ0) is 43.3. The molecule has 61 heavy (non-hydrogen) atoms. The molecule has 322 valence electrons. The Morgan fingerprint density at radius 2 is 1.75 bits per heavy atom. The minimum Gasteiger partial charge on any atom is -0.494 e. The third kappa shape index (κ3) is 10.0. The standard InChI is InChI=1S/C47H56N6O8/c1-47(2,3)61-46(59)49-38-19-9-8-16-33-20-21-40(53(33)44(38)57)45(58)51-27-32(26-48)36(28-51)31-15-11-17-34(25-31)60-24-10-6-4-5-7-13-30-14-12-18-35-37(30)29-52(43(35)56)39-22-23-41(54)50-42(39)55/h11-12,14-15,17-18,25,32-33,36,38-40H,4-6,8-10,16,19-24,27-29H2,1-3H3,(H,49,59)(H,50,54,55)/t32-,33+,36?,38+,39?,40+/m1/s1. The Balaban J connectivity index is 0.886. The van der Waals surface area contributed by atoms with Gasteiger partial charge in [-0.25, -0.2) is 4.79 Å². The lowest BCUT2D eigenvalue weighted by Gasteiger charge is -2.36. The van der Waals surface area contributed by atoms with Crippen molar-refractivity contribution in [2.45, 2.75) is 140 Å². The maximum atomic E-state index is 14.2. The number of rotatable bonds is 10. The molecule has 5 aliphatic rings. The molecule has 6 amide bonds. The maximum absolute atomic E-state index is 14.2. The van der Waals surface area contributed by atoms with Gasteiger partial charge >= 0.3 is 6.09 Å². The Kier molecular flexibility index (Phi) is 13.3. The number of imide groups is 1. The molecule has 14 heteroatoms. The van der Waals surface area contributed by atoms with Crippen molar-refractivity contribution >= 4 is 35.6 Å². The van der Waals surface area contributed by atoms with E-state index in [1.807, 2.05) is 30.3 Å². The lowest BCUT2D eigenvalue weighted by molar-refractivity contribution is -0.146. The molecule has 7 rings (SSSR count). The third-order valence-corrected chi connectivity index (χ3v) is 12.4. The first-order valence-corrected chi connectivity index (χ1v) is 21.8. The maximum Gasteiger partial charge on any atom is 0.408 e. The van der Waals surface area contributed by atoms with Gasteiger partial charge in [-0.3, -0.25) is 29.3 Å².